The fraction of sp³-hybridized carbons (Fsp3) is 0.500. The molecule has 1 aliphatic heterocycles. The van der Waals surface area contributed by atoms with Crippen molar-refractivity contribution >= 4 is 28.9 Å². The number of hydrogen-bond donors (Lipinski definition) is 0. The summed E-state index contributed by atoms with van der Waals surface area (Å²) >= 11 is 12.0. The first kappa shape index (κ1) is 11.1. The van der Waals surface area contributed by atoms with Crippen LogP contribution in [0.25, 0.3) is 0 Å². The molecule has 0 saturated carbocycles. The first-order valence-corrected chi connectivity index (χ1v) is 6.32. The van der Waals surface area contributed by atoms with E-state index in [1.165, 1.54) is 19.3 Å². The molecule has 1 saturated heterocycles. The lowest BCUT2D eigenvalue weighted by Gasteiger charge is -2.29. The summed E-state index contributed by atoms with van der Waals surface area (Å²) in [6, 6.07) is 6.12. The highest BCUT2D eigenvalue weighted by Gasteiger charge is 2.13. The van der Waals surface area contributed by atoms with Crippen molar-refractivity contribution in [2.45, 2.75) is 25.1 Å². The minimum Gasteiger partial charge on any atom is -0.370 e. The van der Waals surface area contributed by atoms with Gasteiger partial charge in [-0.3, -0.25) is 0 Å². The molecule has 1 fully saturated rings. The van der Waals surface area contributed by atoms with Gasteiger partial charge in [0.15, 0.2) is 0 Å². The standard InChI is InChI=1S/C12H15Cl2N/c13-9-10-4-5-12(11(14)8-10)15-6-2-1-3-7-15/h4-5,8H,1-3,6-7,9H2. The average Bonchev–Trinajstić information content (AvgIpc) is 2.30. The Morgan fingerprint density at radius 2 is 1.87 bits per heavy atom. The molecule has 1 aromatic carbocycles. The summed E-state index contributed by atoms with van der Waals surface area (Å²) < 4.78 is 0. The van der Waals surface area contributed by atoms with Crippen LogP contribution in [-0.2, 0) is 5.88 Å². The molecule has 15 heavy (non-hydrogen) atoms. The fourth-order valence-corrected chi connectivity index (χ4v) is 2.51. The van der Waals surface area contributed by atoms with E-state index in [1.54, 1.807) is 0 Å². The molecule has 2 rings (SSSR count). The molecule has 0 amide bonds. The molecule has 82 valence electrons. The zero-order chi connectivity index (χ0) is 10.7. The summed E-state index contributed by atoms with van der Waals surface area (Å²) in [7, 11) is 0. The summed E-state index contributed by atoms with van der Waals surface area (Å²) in [5.74, 6) is 0.528. The van der Waals surface area contributed by atoms with E-state index in [0.29, 0.717) is 5.88 Å². The topological polar surface area (TPSA) is 3.24 Å². The second-order valence-corrected chi connectivity index (χ2v) is 4.64. The van der Waals surface area contributed by atoms with Gasteiger partial charge in [-0.25, -0.2) is 0 Å². The Morgan fingerprint density at radius 1 is 1.13 bits per heavy atom. The molecule has 1 nitrogen and oxygen atoms in total. The molecule has 1 aliphatic rings. The minimum absolute atomic E-state index is 0.528. The second-order valence-electron chi connectivity index (χ2n) is 3.97. The van der Waals surface area contributed by atoms with Gasteiger partial charge in [0.1, 0.15) is 0 Å². The van der Waals surface area contributed by atoms with Gasteiger partial charge in [-0.2, -0.15) is 0 Å². The maximum Gasteiger partial charge on any atom is 0.0642 e. The van der Waals surface area contributed by atoms with E-state index < -0.39 is 0 Å². The Morgan fingerprint density at radius 3 is 2.47 bits per heavy atom. The van der Waals surface area contributed by atoms with Crippen molar-refractivity contribution in [3.05, 3.63) is 28.8 Å². The predicted octanol–water partition coefficient (Wildman–Crippen LogP) is 4.07. The van der Waals surface area contributed by atoms with Gasteiger partial charge in [-0.15, -0.1) is 11.6 Å². The zero-order valence-corrected chi connectivity index (χ0v) is 10.2. The van der Waals surface area contributed by atoms with E-state index in [9.17, 15) is 0 Å². The van der Waals surface area contributed by atoms with Crippen molar-refractivity contribution in [2.75, 3.05) is 18.0 Å². The normalized spacial score (nSPS) is 16.8. The smallest absolute Gasteiger partial charge is 0.0642 e. The van der Waals surface area contributed by atoms with Crippen molar-refractivity contribution < 1.29 is 0 Å². The van der Waals surface area contributed by atoms with E-state index in [-0.39, 0.29) is 0 Å². The minimum atomic E-state index is 0.528. The molecular weight excluding hydrogens is 229 g/mol. The Bertz CT molecular complexity index is 332. The number of nitrogens with zero attached hydrogens (tertiary/aromatic N) is 1. The molecule has 0 unspecified atom stereocenters. The van der Waals surface area contributed by atoms with E-state index in [0.717, 1.165) is 29.4 Å². The van der Waals surface area contributed by atoms with Gasteiger partial charge in [0, 0.05) is 19.0 Å². The summed E-state index contributed by atoms with van der Waals surface area (Å²) in [6.45, 7) is 2.25. The van der Waals surface area contributed by atoms with Gasteiger partial charge in [0.05, 0.1) is 10.7 Å². The number of piperidine rings is 1. The molecule has 1 heterocycles. The molecule has 0 atom stereocenters. The Balaban J connectivity index is 2.19. The maximum atomic E-state index is 6.24. The van der Waals surface area contributed by atoms with Crippen molar-refractivity contribution in [2.24, 2.45) is 0 Å². The van der Waals surface area contributed by atoms with Crippen LogP contribution in [0, 0.1) is 0 Å². The molecule has 0 aromatic heterocycles. The largest absolute Gasteiger partial charge is 0.370 e. The summed E-state index contributed by atoms with van der Waals surface area (Å²) in [4.78, 5) is 2.36. The van der Waals surface area contributed by atoms with Gasteiger partial charge in [-0.05, 0) is 37.0 Å². The number of rotatable bonds is 2. The number of hydrogen-bond acceptors (Lipinski definition) is 1. The lowest BCUT2D eigenvalue weighted by Crippen LogP contribution is -2.29. The van der Waals surface area contributed by atoms with Gasteiger partial charge in [0.25, 0.3) is 0 Å². The van der Waals surface area contributed by atoms with Crippen LogP contribution < -0.4 is 4.90 Å². The Kier molecular flexibility index (Phi) is 3.76. The first-order valence-electron chi connectivity index (χ1n) is 5.40. The fourth-order valence-electron chi connectivity index (χ4n) is 2.02. The Labute approximate surface area is 101 Å². The molecule has 0 N–H and O–H groups in total. The summed E-state index contributed by atoms with van der Waals surface area (Å²) in [5, 5.41) is 0.829. The van der Waals surface area contributed by atoms with E-state index in [4.69, 9.17) is 23.2 Å². The van der Waals surface area contributed by atoms with Crippen molar-refractivity contribution in [1.82, 2.24) is 0 Å². The van der Waals surface area contributed by atoms with Gasteiger partial charge < -0.3 is 4.90 Å². The summed E-state index contributed by atoms with van der Waals surface area (Å²) in [5.41, 5.74) is 2.24. The Hall–Kier alpha value is -0.400. The third-order valence-electron chi connectivity index (χ3n) is 2.86. The second kappa shape index (κ2) is 5.09. The zero-order valence-electron chi connectivity index (χ0n) is 8.68. The van der Waals surface area contributed by atoms with Crippen molar-refractivity contribution in [3.63, 3.8) is 0 Å². The third kappa shape index (κ3) is 2.59. The highest BCUT2D eigenvalue weighted by Crippen LogP contribution is 2.29. The van der Waals surface area contributed by atoms with Crippen LogP contribution >= 0.6 is 23.2 Å². The quantitative estimate of drug-likeness (QED) is 0.709. The van der Waals surface area contributed by atoms with E-state index in [2.05, 4.69) is 17.0 Å². The highest BCUT2D eigenvalue weighted by molar-refractivity contribution is 6.33. The first-order chi connectivity index (χ1) is 7.31. The maximum absolute atomic E-state index is 6.24. The molecular formula is C12H15Cl2N. The molecule has 0 bridgehead atoms. The molecule has 3 heteroatoms. The average molecular weight is 244 g/mol. The van der Waals surface area contributed by atoms with Crippen LogP contribution in [0.5, 0.6) is 0 Å². The predicted molar refractivity (Wildman–Crippen MR) is 67.1 cm³/mol. The highest BCUT2D eigenvalue weighted by atomic mass is 35.5. The molecule has 1 aromatic rings. The molecule has 0 radical (unpaired) electrons. The van der Waals surface area contributed by atoms with Crippen LogP contribution in [-0.4, -0.2) is 13.1 Å². The lowest BCUT2D eigenvalue weighted by molar-refractivity contribution is 0.578. The number of halogens is 2. The summed E-state index contributed by atoms with van der Waals surface area (Å²) in [6.07, 6.45) is 3.88. The van der Waals surface area contributed by atoms with E-state index in [1.807, 2.05) is 6.07 Å². The van der Waals surface area contributed by atoms with Crippen molar-refractivity contribution in [3.8, 4) is 0 Å². The van der Waals surface area contributed by atoms with Gasteiger partial charge >= 0.3 is 0 Å². The van der Waals surface area contributed by atoms with Crippen LogP contribution in [0.15, 0.2) is 18.2 Å². The van der Waals surface area contributed by atoms with Crippen LogP contribution in [0.3, 0.4) is 0 Å². The third-order valence-corrected chi connectivity index (χ3v) is 3.47. The molecule has 0 spiro atoms. The van der Waals surface area contributed by atoms with Gasteiger partial charge in [-0.1, -0.05) is 17.7 Å². The number of benzene rings is 1. The number of anilines is 1. The lowest BCUT2D eigenvalue weighted by atomic mass is 10.1. The van der Waals surface area contributed by atoms with Crippen LogP contribution in [0.2, 0.25) is 5.02 Å². The monoisotopic (exact) mass is 243 g/mol. The SMILES string of the molecule is ClCc1ccc(N2CCCCC2)c(Cl)c1. The number of alkyl halides is 1. The van der Waals surface area contributed by atoms with Crippen LogP contribution in [0.1, 0.15) is 24.8 Å². The molecule has 0 aliphatic carbocycles. The van der Waals surface area contributed by atoms with E-state index >= 15 is 0 Å². The van der Waals surface area contributed by atoms with Crippen LogP contribution in [0.4, 0.5) is 5.69 Å². The van der Waals surface area contributed by atoms with Gasteiger partial charge in [0.2, 0.25) is 0 Å². The van der Waals surface area contributed by atoms with Crippen molar-refractivity contribution in [1.29, 1.82) is 0 Å².